The Hall–Kier alpha value is -3.12. The first-order chi connectivity index (χ1) is 17.6. The average molecular weight is 538 g/mol. The molecule has 0 bridgehead atoms. The highest BCUT2D eigenvalue weighted by molar-refractivity contribution is 6.33. The number of hydrogen-bond acceptors (Lipinski definition) is 7. The van der Waals surface area contributed by atoms with Gasteiger partial charge in [-0.2, -0.15) is 4.98 Å². The number of amides is 1. The van der Waals surface area contributed by atoms with Crippen LogP contribution in [0.15, 0.2) is 18.3 Å². The van der Waals surface area contributed by atoms with Crippen LogP contribution < -0.4 is 16.4 Å². The first-order valence-electron chi connectivity index (χ1n) is 12.1. The molecule has 1 amide bonds. The zero-order valence-electron chi connectivity index (χ0n) is 20.1. The molecule has 3 aromatic rings. The molecular formula is C24H27ClF3N7O2. The minimum Gasteiger partial charge on any atom is -0.378 e. The quantitative estimate of drug-likeness (QED) is 0.419. The third-order valence-electron chi connectivity index (χ3n) is 7.30. The number of halogens is 4. The van der Waals surface area contributed by atoms with Crippen molar-refractivity contribution < 1.29 is 22.7 Å². The normalized spacial score (nSPS) is 26.2. The monoisotopic (exact) mass is 537 g/mol. The number of benzene rings is 1. The summed E-state index contributed by atoms with van der Waals surface area (Å²) in [6, 6.07) is 1.06. The lowest BCUT2D eigenvalue weighted by atomic mass is 9.73. The summed E-state index contributed by atoms with van der Waals surface area (Å²) in [4.78, 5) is 25.5. The van der Waals surface area contributed by atoms with E-state index < -0.39 is 29.3 Å². The number of aromatic nitrogens is 4. The average Bonchev–Trinajstić information content (AvgIpc) is 3.20. The van der Waals surface area contributed by atoms with Crippen molar-refractivity contribution in [3.8, 4) is 0 Å². The second-order valence-electron chi connectivity index (χ2n) is 9.86. The van der Waals surface area contributed by atoms with E-state index >= 15 is 0 Å². The summed E-state index contributed by atoms with van der Waals surface area (Å²) in [5, 5.41) is 5.79. The van der Waals surface area contributed by atoms with Crippen LogP contribution in [-0.4, -0.2) is 50.9 Å². The number of ether oxygens (including phenoxy) is 1. The number of hydrogen-bond donors (Lipinski definition) is 3. The molecule has 2 aromatic heterocycles. The SMILES string of the molecule is CC1(C(N)=O)CCC(n2c(Nc3c(F)cc(F)cc3Cl)nc3cnc(NC4CCOC[C@H]4F)nc32)CC1. The van der Waals surface area contributed by atoms with Gasteiger partial charge >= 0.3 is 0 Å². The molecule has 4 N–H and O–H groups in total. The highest BCUT2D eigenvalue weighted by Crippen LogP contribution is 2.43. The Kier molecular flexibility index (Phi) is 6.88. The number of nitrogens with one attached hydrogen (secondary N) is 2. The zero-order valence-corrected chi connectivity index (χ0v) is 20.9. The van der Waals surface area contributed by atoms with Crippen molar-refractivity contribution in [2.24, 2.45) is 11.1 Å². The van der Waals surface area contributed by atoms with Crippen molar-refractivity contribution in [2.75, 3.05) is 23.8 Å². The maximum Gasteiger partial charge on any atom is 0.225 e. The maximum atomic E-state index is 14.6. The number of imidazole rings is 1. The van der Waals surface area contributed by atoms with Crippen molar-refractivity contribution in [1.29, 1.82) is 0 Å². The zero-order chi connectivity index (χ0) is 26.3. The topological polar surface area (TPSA) is 120 Å². The Labute approximate surface area is 215 Å². The minimum atomic E-state index is -1.21. The van der Waals surface area contributed by atoms with Gasteiger partial charge < -0.3 is 21.1 Å². The second-order valence-corrected chi connectivity index (χ2v) is 10.3. The molecule has 0 radical (unpaired) electrons. The van der Waals surface area contributed by atoms with Crippen molar-refractivity contribution in [2.45, 2.75) is 57.3 Å². The number of primary amides is 1. The summed E-state index contributed by atoms with van der Waals surface area (Å²) in [7, 11) is 0. The van der Waals surface area contributed by atoms with E-state index in [1.807, 2.05) is 6.92 Å². The number of alkyl halides is 1. The van der Waals surface area contributed by atoms with Gasteiger partial charge in [0.25, 0.3) is 0 Å². The fourth-order valence-corrected chi connectivity index (χ4v) is 5.19. The van der Waals surface area contributed by atoms with Crippen LogP contribution >= 0.6 is 11.6 Å². The van der Waals surface area contributed by atoms with E-state index in [4.69, 9.17) is 22.1 Å². The van der Waals surface area contributed by atoms with Gasteiger partial charge in [-0.1, -0.05) is 18.5 Å². The van der Waals surface area contributed by atoms with Crippen LogP contribution in [0.1, 0.15) is 45.1 Å². The number of anilines is 3. The molecule has 1 aliphatic heterocycles. The molecular weight excluding hydrogens is 511 g/mol. The molecule has 1 saturated heterocycles. The number of nitrogens with zero attached hydrogens (tertiary/aromatic N) is 4. The Morgan fingerprint density at radius 1 is 1.24 bits per heavy atom. The Morgan fingerprint density at radius 2 is 2.00 bits per heavy atom. The van der Waals surface area contributed by atoms with Crippen molar-refractivity contribution >= 4 is 46.3 Å². The van der Waals surface area contributed by atoms with Crippen LogP contribution in [-0.2, 0) is 9.53 Å². The molecule has 5 rings (SSSR count). The summed E-state index contributed by atoms with van der Waals surface area (Å²) in [6.07, 6.45) is 3.00. The molecule has 0 spiro atoms. The Bertz CT molecular complexity index is 1310. The van der Waals surface area contributed by atoms with Crippen LogP contribution in [0.25, 0.3) is 11.2 Å². The third-order valence-corrected chi connectivity index (χ3v) is 7.59. The molecule has 1 aliphatic carbocycles. The predicted molar refractivity (Wildman–Crippen MR) is 133 cm³/mol. The molecule has 9 nitrogen and oxygen atoms in total. The second kappa shape index (κ2) is 9.97. The lowest BCUT2D eigenvalue weighted by Crippen LogP contribution is -2.39. The van der Waals surface area contributed by atoms with E-state index in [2.05, 4.69) is 25.6 Å². The largest absolute Gasteiger partial charge is 0.378 e. The summed E-state index contributed by atoms with van der Waals surface area (Å²) in [6.45, 7) is 2.27. The van der Waals surface area contributed by atoms with E-state index in [0.29, 0.717) is 49.9 Å². The van der Waals surface area contributed by atoms with E-state index in [0.717, 1.165) is 12.1 Å². The molecule has 1 saturated carbocycles. The maximum absolute atomic E-state index is 14.6. The van der Waals surface area contributed by atoms with Crippen molar-refractivity contribution in [3.63, 3.8) is 0 Å². The van der Waals surface area contributed by atoms with Gasteiger partial charge in [-0.15, -0.1) is 0 Å². The lowest BCUT2D eigenvalue weighted by Gasteiger charge is -2.35. The summed E-state index contributed by atoms with van der Waals surface area (Å²) < 4.78 is 49.5. The summed E-state index contributed by atoms with van der Waals surface area (Å²) in [5.74, 6) is -1.59. The van der Waals surface area contributed by atoms with Crippen LogP contribution in [0.5, 0.6) is 0 Å². The van der Waals surface area contributed by atoms with Gasteiger partial charge in [-0.25, -0.2) is 23.1 Å². The molecule has 3 heterocycles. The van der Waals surface area contributed by atoms with Gasteiger partial charge in [0.2, 0.25) is 17.8 Å². The van der Waals surface area contributed by atoms with Gasteiger partial charge in [-0.3, -0.25) is 9.36 Å². The van der Waals surface area contributed by atoms with Gasteiger partial charge in [0, 0.05) is 24.1 Å². The summed E-state index contributed by atoms with van der Waals surface area (Å²) in [5.41, 5.74) is 5.72. The highest BCUT2D eigenvalue weighted by atomic mass is 35.5. The smallest absolute Gasteiger partial charge is 0.225 e. The van der Waals surface area contributed by atoms with Crippen molar-refractivity contribution in [3.05, 3.63) is 35.0 Å². The highest BCUT2D eigenvalue weighted by Gasteiger charge is 2.38. The summed E-state index contributed by atoms with van der Waals surface area (Å²) >= 11 is 6.13. The first-order valence-corrected chi connectivity index (χ1v) is 12.5. The van der Waals surface area contributed by atoms with Crippen LogP contribution in [0.4, 0.5) is 30.8 Å². The van der Waals surface area contributed by atoms with Crippen molar-refractivity contribution in [1.82, 2.24) is 19.5 Å². The Balaban J connectivity index is 1.54. The minimum absolute atomic E-state index is 0.00336. The fourth-order valence-electron chi connectivity index (χ4n) is 4.94. The van der Waals surface area contributed by atoms with E-state index in [1.165, 1.54) is 6.20 Å². The number of carbonyl (C=O) groups is 1. The number of rotatable bonds is 6. The number of fused-ring (bicyclic) bond motifs is 1. The number of carbonyl (C=O) groups excluding carboxylic acids is 1. The van der Waals surface area contributed by atoms with Gasteiger partial charge in [-0.05, 0) is 38.2 Å². The molecule has 13 heteroatoms. The van der Waals surface area contributed by atoms with Gasteiger partial charge in [0.15, 0.2) is 11.5 Å². The third kappa shape index (κ3) is 5.04. The van der Waals surface area contributed by atoms with Crippen LogP contribution in [0, 0.1) is 17.0 Å². The molecule has 198 valence electrons. The predicted octanol–water partition coefficient (Wildman–Crippen LogP) is 4.65. The number of nitrogens with two attached hydrogens (primary N) is 1. The Morgan fingerprint density at radius 3 is 2.68 bits per heavy atom. The molecule has 37 heavy (non-hydrogen) atoms. The molecule has 2 fully saturated rings. The van der Waals surface area contributed by atoms with Crippen LogP contribution in [0.3, 0.4) is 0 Å². The van der Waals surface area contributed by atoms with E-state index in [1.54, 1.807) is 4.57 Å². The van der Waals surface area contributed by atoms with Gasteiger partial charge in [0.1, 0.15) is 17.5 Å². The fraction of sp³-hybridized carbons (Fsp3) is 0.500. The van der Waals surface area contributed by atoms with E-state index in [-0.39, 0.29) is 41.2 Å². The molecule has 2 atom stereocenters. The lowest BCUT2D eigenvalue weighted by molar-refractivity contribution is -0.128. The molecule has 2 aliphatic rings. The first kappa shape index (κ1) is 25.5. The molecule has 1 unspecified atom stereocenters. The molecule has 1 aromatic carbocycles. The van der Waals surface area contributed by atoms with Gasteiger partial charge in [0.05, 0.1) is 29.6 Å². The standard InChI is InChI=1S/C24H27ClF3N7O2/c1-24(21(29)36)5-2-13(3-6-24)35-20-18(10-30-22(34-20)31-17-4-7-37-11-16(17)28)32-23(35)33-19-14(25)8-12(26)9-15(19)27/h8-10,13,16-17H,2-7,11H2,1H3,(H2,29,36)(H,32,33)(H,30,31,34)/t13?,16-,17?,24?/m1/s1. The van der Waals surface area contributed by atoms with E-state index in [9.17, 15) is 18.0 Å². The van der Waals surface area contributed by atoms with Crippen LogP contribution in [0.2, 0.25) is 5.02 Å².